The van der Waals surface area contributed by atoms with Gasteiger partial charge in [0, 0.05) is 24.5 Å². The average Bonchev–Trinajstić information content (AvgIpc) is 3.12. The monoisotopic (exact) mass is 379 g/mol. The van der Waals surface area contributed by atoms with Crippen molar-refractivity contribution in [1.82, 2.24) is 24.5 Å². The van der Waals surface area contributed by atoms with Crippen LogP contribution in [0.15, 0.2) is 36.4 Å². The molecule has 8 heteroatoms. The molecular weight excluding hydrogens is 358 g/mol. The number of aromatic nitrogens is 4. The third-order valence-electron chi connectivity index (χ3n) is 5.45. The maximum absolute atomic E-state index is 12.9. The molecule has 0 atom stereocenters. The number of amides is 1. The van der Waals surface area contributed by atoms with Crippen molar-refractivity contribution in [1.29, 1.82) is 0 Å². The molecule has 0 aliphatic carbocycles. The molecule has 144 valence electrons. The minimum absolute atomic E-state index is 0.0868. The van der Waals surface area contributed by atoms with E-state index in [1.54, 1.807) is 9.42 Å². The SMILES string of the molecule is Cc1cc(C)n2nc(C(=O)N3CCC(C(=O)O)(c4ccccc4)CC3)nc2n1. The predicted molar refractivity (Wildman–Crippen MR) is 101 cm³/mol. The third kappa shape index (κ3) is 2.90. The van der Waals surface area contributed by atoms with Crippen LogP contribution in [0.4, 0.5) is 0 Å². The van der Waals surface area contributed by atoms with Crippen LogP contribution in [0.3, 0.4) is 0 Å². The molecule has 4 rings (SSSR count). The number of hydrogen-bond donors (Lipinski definition) is 1. The fourth-order valence-electron chi connectivity index (χ4n) is 3.87. The normalized spacial score (nSPS) is 16.3. The molecule has 1 fully saturated rings. The zero-order chi connectivity index (χ0) is 19.9. The number of piperidine rings is 1. The number of nitrogens with zero attached hydrogens (tertiary/aromatic N) is 5. The molecule has 28 heavy (non-hydrogen) atoms. The first-order valence-electron chi connectivity index (χ1n) is 9.20. The van der Waals surface area contributed by atoms with Crippen molar-refractivity contribution in [2.45, 2.75) is 32.1 Å². The lowest BCUT2D eigenvalue weighted by Crippen LogP contribution is -2.49. The van der Waals surface area contributed by atoms with Crippen LogP contribution in [-0.2, 0) is 10.2 Å². The van der Waals surface area contributed by atoms with Crippen molar-refractivity contribution in [3.63, 3.8) is 0 Å². The highest BCUT2D eigenvalue weighted by Gasteiger charge is 2.44. The van der Waals surface area contributed by atoms with Crippen molar-refractivity contribution >= 4 is 17.7 Å². The Labute approximate surface area is 161 Å². The quantitative estimate of drug-likeness (QED) is 0.747. The number of fused-ring (bicyclic) bond motifs is 1. The lowest BCUT2D eigenvalue weighted by atomic mass is 9.73. The summed E-state index contributed by atoms with van der Waals surface area (Å²) in [5.74, 6) is -0.674. The van der Waals surface area contributed by atoms with Gasteiger partial charge in [0.05, 0.1) is 5.41 Å². The molecule has 1 amide bonds. The molecule has 1 aromatic carbocycles. The molecule has 2 aromatic heterocycles. The summed E-state index contributed by atoms with van der Waals surface area (Å²) in [6.07, 6.45) is 0.698. The minimum Gasteiger partial charge on any atom is -0.481 e. The summed E-state index contributed by atoms with van der Waals surface area (Å²) in [6, 6.07) is 11.1. The lowest BCUT2D eigenvalue weighted by Gasteiger charge is -2.38. The van der Waals surface area contributed by atoms with Crippen LogP contribution in [0.2, 0.25) is 0 Å². The van der Waals surface area contributed by atoms with Crippen molar-refractivity contribution in [3.8, 4) is 0 Å². The first-order chi connectivity index (χ1) is 13.4. The van der Waals surface area contributed by atoms with E-state index >= 15 is 0 Å². The second-order valence-corrected chi connectivity index (χ2v) is 7.23. The van der Waals surface area contributed by atoms with Gasteiger partial charge in [0.1, 0.15) is 0 Å². The Bertz CT molecular complexity index is 1050. The van der Waals surface area contributed by atoms with Gasteiger partial charge in [-0.2, -0.15) is 4.98 Å². The molecule has 0 radical (unpaired) electrons. The number of carboxylic acids is 1. The van der Waals surface area contributed by atoms with Crippen molar-refractivity contribution < 1.29 is 14.7 Å². The van der Waals surface area contributed by atoms with Crippen LogP contribution in [0, 0.1) is 13.8 Å². The van der Waals surface area contributed by atoms with Gasteiger partial charge in [-0.05, 0) is 38.3 Å². The molecule has 1 saturated heterocycles. The number of carbonyl (C=O) groups is 2. The Kier molecular flexibility index (Phi) is 4.33. The van der Waals surface area contributed by atoms with Crippen LogP contribution in [0.5, 0.6) is 0 Å². The number of aryl methyl sites for hydroxylation is 2. The van der Waals surface area contributed by atoms with E-state index in [2.05, 4.69) is 15.1 Å². The zero-order valence-corrected chi connectivity index (χ0v) is 15.8. The largest absolute Gasteiger partial charge is 0.481 e. The second kappa shape index (κ2) is 6.70. The summed E-state index contributed by atoms with van der Waals surface area (Å²) < 4.78 is 1.55. The van der Waals surface area contributed by atoms with E-state index in [1.165, 1.54) is 0 Å². The Morgan fingerprint density at radius 1 is 1.07 bits per heavy atom. The van der Waals surface area contributed by atoms with E-state index in [0.29, 0.717) is 31.7 Å². The molecule has 0 spiro atoms. The third-order valence-corrected chi connectivity index (χ3v) is 5.45. The Hall–Kier alpha value is -3.29. The minimum atomic E-state index is -0.973. The Balaban J connectivity index is 1.57. The van der Waals surface area contributed by atoms with Crippen molar-refractivity contribution in [2.75, 3.05) is 13.1 Å². The first-order valence-corrected chi connectivity index (χ1v) is 9.20. The van der Waals surface area contributed by atoms with Gasteiger partial charge in [0.25, 0.3) is 11.7 Å². The second-order valence-electron chi connectivity index (χ2n) is 7.23. The van der Waals surface area contributed by atoms with Gasteiger partial charge in [-0.15, -0.1) is 5.10 Å². The fourth-order valence-corrected chi connectivity index (χ4v) is 3.87. The number of carbonyl (C=O) groups excluding carboxylic acids is 1. The number of aliphatic carboxylic acids is 1. The topological polar surface area (TPSA) is 101 Å². The van der Waals surface area contributed by atoms with Crippen LogP contribution >= 0.6 is 0 Å². The summed E-state index contributed by atoms with van der Waals surface area (Å²) in [6.45, 7) is 4.41. The highest BCUT2D eigenvalue weighted by atomic mass is 16.4. The lowest BCUT2D eigenvalue weighted by molar-refractivity contribution is -0.145. The van der Waals surface area contributed by atoms with Gasteiger partial charge < -0.3 is 10.0 Å². The summed E-state index contributed by atoms with van der Waals surface area (Å²) in [7, 11) is 0. The van der Waals surface area contributed by atoms with E-state index in [1.807, 2.05) is 50.2 Å². The molecule has 0 unspecified atom stereocenters. The fraction of sp³-hybridized carbons (Fsp3) is 0.350. The van der Waals surface area contributed by atoms with Crippen LogP contribution in [0.1, 0.15) is 40.4 Å². The van der Waals surface area contributed by atoms with Crippen LogP contribution < -0.4 is 0 Å². The average molecular weight is 379 g/mol. The van der Waals surface area contributed by atoms with Gasteiger partial charge in [-0.25, -0.2) is 9.50 Å². The Morgan fingerprint density at radius 3 is 2.39 bits per heavy atom. The highest BCUT2D eigenvalue weighted by molar-refractivity contribution is 5.91. The molecule has 1 aliphatic heterocycles. The molecule has 0 saturated carbocycles. The Morgan fingerprint density at radius 2 is 1.75 bits per heavy atom. The van der Waals surface area contributed by atoms with Crippen molar-refractivity contribution in [3.05, 3.63) is 59.2 Å². The van der Waals surface area contributed by atoms with E-state index in [0.717, 1.165) is 17.0 Å². The zero-order valence-electron chi connectivity index (χ0n) is 15.8. The van der Waals surface area contributed by atoms with Gasteiger partial charge in [-0.1, -0.05) is 30.3 Å². The molecule has 1 aliphatic rings. The van der Waals surface area contributed by atoms with E-state index in [9.17, 15) is 14.7 Å². The van der Waals surface area contributed by atoms with Gasteiger partial charge in [-0.3, -0.25) is 9.59 Å². The van der Waals surface area contributed by atoms with Crippen molar-refractivity contribution in [2.24, 2.45) is 0 Å². The molecule has 1 N–H and O–H groups in total. The van der Waals surface area contributed by atoms with Crippen LogP contribution in [0.25, 0.3) is 5.78 Å². The van der Waals surface area contributed by atoms with E-state index < -0.39 is 11.4 Å². The summed E-state index contributed by atoms with van der Waals surface area (Å²) in [5.41, 5.74) is 1.46. The summed E-state index contributed by atoms with van der Waals surface area (Å²) in [5, 5.41) is 14.2. The smallest absolute Gasteiger partial charge is 0.314 e. The van der Waals surface area contributed by atoms with E-state index in [-0.39, 0.29) is 11.7 Å². The molecule has 0 bridgehead atoms. The number of likely N-dealkylation sites (tertiary alicyclic amines) is 1. The van der Waals surface area contributed by atoms with Gasteiger partial charge in [0.2, 0.25) is 5.82 Å². The molecule has 3 heterocycles. The molecule has 8 nitrogen and oxygen atoms in total. The van der Waals surface area contributed by atoms with Gasteiger partial charge >= 0.3 is 5.97 Å². The number of rotatable bonds is 3. The number of hydrogen-bond acceptors (Lipinski definition) is 5. The van der Waals surface area contributed by atoms with Crippen LogP contribution in [-0.4, -0.2) is 54.6 Å². The molecule has 3 aromatic rings. The number of carboxylic acid groups (broad SMARTS) is 1. The first kappa shape index (κ1) is 18.1. The highest BCUT2D eigenvalue weighted by Crippen LogP contribution is 2.36. The summed E-state index contributed by atoms with van der Waals surface area (Å²) >= 11 is 0. The van der Waals surface area contributed by atoms with Gasteiger partial charge in [0.15, 0.2) is 0 Å². The summed E-state index contributed by atoms with van der Waals surface area (Å²) in [4.78, 5) is 35.2. The number of benzene rings is 1. The van der Waals surface area contributed by atoms with E-state index in [4.69, 9.17) is 0 Å². The predicted octanol–water partition coefficient (Wildman–Crippen LogP) is 2.00. The maximum Gasteiger partial charge on any atom is 0.314 e. The standard InChI is InChI=1S/C20H21N5O3/c1-13-12-14(2)25-19(21-13)22-16(23-25)17(26)24-10-8-20(9-11-24,18(27)28)15-6-4-3-5-7-15/h3-7,12H,8-11H2,1-2H3,(H,27,28). The maximum atomic E-state index is 12.9. The molecular formula is C20H21N5O3.